The van der Waals surface area contributed by atoms with Gasteiger partial charge in [0.05, 0.1) is 0 Å². The van der Waals surface area contributed by atoms with E-state index < -0.39 is 31.2 Å². The molecule has 6 heteroatoms. The summed E-state index contributed by atoms with van der Waals surface area (Å²) in [4.78, 5) is 11.5. The first kappa shape index (κ1) is 13.5. The van der Waals surface area contributed by atoms with Gasteiger partial charge in [-0.3, -0.25) is 4.79 Å². The zero-order valence-electron chi connectivity index (χ0n) is 8.87. The molecule has 17 heavy (non-hydrogen) atoms. The van der Waals surface area contributed by atoms with E-state index in [1.807, 2.05) is 5.32 Å². The topological polar surface area (TPSA) is 49.3 Å². The van der Waals surface area contributed by atoms with Crippen LogP contribution in [0.4, 0.5) is 13.2 Å². The fourth-order valence-electron chi connectivity index (χ4n) is 1.28. The Morgan fingerprint density at radius 2 is 1.88 bits per heavy atom. The third-order valence-electron chi connectivity index (χ3n) is 2.15. The lowest BCUT2D eigenvalue weighted by Crippen LogP contribution is -2.45. The molecule has 0 heterocycles. The van der Waals surface area contributed by atoms with Crippen molar-refractivity contribution >= 4 is 5.91 Å². The van der Waals surface area contributed by atoms with Crippen molar-refractivity contribution in [1.82, 2.24) is 5.32 Å². The molecule has 94 valence electrons. The van der Waals surface area contributed by atoms with Gasteiger partial charge in [0, 0.05) is 12.2 Å². The first-order chi connectivity index (χ1) is 7.95. The number of halogens is 3. The number of rotatable bonds is 4. The summed E-state index contributed by atoms with van der Waals surface area (Å²) in [5.74, 6) is -0.804. The Morgan fingerprint density at radius 3 is 2.35 bits per heavy atom. The fourth-order valence-corrected chi connectivity index (χ4v) is 1.28. The molecule has 2 N–H and O–H groups in total. The number of carbonyl (C=O) groups excluding carboxylic acids is 1. The summed E-state index contributed by atoms with van der Waals surface area (Å²) in [5, 5.41) is 10.4. The molecule has 1 aromatic rings. The number of nitrogens with one attached hydrogen (secondary N) is 1. The summed E-state index contributed by atoms with van der Waals surface area (Å²) in [5.41, 5.74) is 0.152. The summed E-state index contributed by atoms with van der Waals surface area (Å²) in [6.45, 7) is -0.640. The maximum absolute atomic E-state index is 12.5. The molecule has 0 radical (unpaired) electrons. The highest BCUT2D eigenvalue weighted by Gasteiger charge is 2.40. The van der Waals surface area contributed by atoms with Crippen LogP contribution in [0.25, 0.3) is 0 Å². The van der Waals surface area contributed by atoms with Crippen LogP contribution in [0.15, 0.2) is 30.3 Å². The molecule has 1 amide bonds. The van der Waals surface area contributed by atoms with E-state index in [0.717, 1.165) is 0 Å². The first-order valence-corrected chi connectivity index (χ1v) is 4.98. The molecule has 0 bridgehead atoms. The Labute approximate surface area is 96.3 Å². The van der Waals surface area contributed by atoms with E-state index in [2.05, 4.69) is 0 Å². The van der Waals surface area contributed by atoms with Gasteiger partial charge in [0.1, 0.15) is 6.04 Å². The van der Waals surface area contributed by atoms with Crippen molar-refractivity contribution in [2.75, 3.05) is 6.61 Å². The van der Waals surface area contributed by atoms with Crippen LogP contribution < -0.4 is 5.32 Å². The van der Waals surface area contributed by atoms with Gasteiger partial charge in [0.15, 0.2) is 0 Å². The number of hydrogen-bond donors (Lipinski definition) is 2. The second kappa shape index (κ2) is 5.67. The van der Waals surface area contributed by atoms with E-state index >= 15 is 0 Å². The molecule has 0 saturated carbocycles. The highest BCUT2D eigenvalue weighted by Crippen LogP contribution is 2.22. The SMILES string of the molecule is O=C(N[C@H](CCO)C(F)(F)F)c1ccccc1. The van der Waals surface area contributed by atoms with E-state index in [0.29, 0.717) is 0 Å². The average Bonchev–Trinajstić information content (AvgIpc) is 2.28. The number of aliphatic hydroxyl groups excluding tert-OH is 1. The molecule has 0 aliphatic rings. The zero-order valence-corrected chi connectivity index (χ0v) is 8.87. The third-order valence-corrected chi connectivity index (χ3v) is 2.15. The number of amides is 1. The molecule has 1 aromatic carbocycles. The second-order valence-corrected chi connectivity index (χ2v) is 3.45. The van der Waals surface area contributed by atoms with Gasteiger partial charge in [0.25, 0.3) is 5.91 Å². The van der Waals surface area contributed by atoms with Crippen molar-refractivity contribution in [3.8, 4) is 0 Å². The minimum atomic E-state index is -4.56. The van der Waals surface area contributed by atoms with Crippen LogP contribution in [-0.2, 0) is 0 Å². The van der Waals surface area contributed by atoms with Gasteiger partial charge in [-0.15, -0.1) is 0 Å². The molecule has 0 aromatic heterocycles. The highest BCUT2D eigenvalue weighted by molar-refractivity contribution is 5.94. The van der Waals surface area contributed by atoms with Gasteiger partial charge in [-0.05, 0) is 18.6 Å². The number of carbonyl (C=O) groups is 1. The molecule has 1 rings (SSSR count). The largest absolute Gasteiger partial charge is 0.408 e. The minimum absolute atomic E-state index is 0.152. The molecule has 3 nitrogen and oxygen atoms in total. The lowest BCUT2D eigenvalue weighted by atomic mass is 10.1. The zero-order chi connectivity index (χ0) is 12.9. The average molecular weight is 247 g/mol. The maximum Gasteiger partial charge on any atom is 0.408 e. The van der Waals surface area contributed by atoms with Gasteiger partial charge >= 0.3 is 6.18 Å². The lowest BCUT2D eigenvalue weighted by molar-refractivity contribution is -0.156. The molecule has 0 fully saturated rings. The molecular formula is C11H12F3NO2. The third kappa shape index (κ3) is 4.07. The number of benzene rings is 1. The summed E-state index contributed by atoms with van der Waals surface area (Å²) in [6.07, 6.45) is -5.12. The molecule has 0 unspecified atom stereocenters. The number of aliphatic hydroxyl groups is 1. The normalized spacial score (nSPS) is 13.2. The molecule has 0 saturated heterocycles. The van der Waals surface area contributed by atoms with Crippen molar-refractivity contribution < 1.29 is 23.1 Å². The molecule has 0 aliphatic carbocycles. The first-order valence-electron chi connectivity index (χ1n) is 4.98. The molecular weight excluding hydrogens is 235 g/mol. The van der Waals surface area contributed by atoms with Crippen LogP contribution in [0.5, 0.6) is 0 Å². The summed E-state index contributed by atoms with van der Waals surface area (Å²) in [6, 6.07) is 5.59. The van der Waals surface area contributed by atoms with Crippen molar-refractivity contribution in [2.45, 2.75) is 18.6 Å². The van der Waals surface area contributed by atoms with E-state index in [1.165, 1.54) is 12.1 Å². The van der Waals surface area contributed by atoms with E-state index in [9.17, 15) is 18.0 Å². The van der Waals surface area contributed by atoms with Crippen molar-refractivity contribution in [1.29, 1.82) is 0 Å². The standard InChI is InChI=1S/C11H12F3NO2/c12-11(13,14)9(6-7-16)15-10(17)8-4-2-1-3-5-8/h1-5,9,16H,6-7H2,(H,15,17)/t9-/m1/s1. The Hall–Kier alpha value is -1.56. The van der Waals surface area contributed by atoms with Crippen LogP contribution in [0.2, 0.25) is 0 Å². The molecule has 1 atom stereocenters. The van der Waals surface area contributed by atoms with Crippen molar-refractivity contribution in [3.63, 3.8) is 0 Å². The number of hydrogen-bond acceptors (Lipinski definition) is 2. The monoisotopic (exact) mass is 247 g/mol. The molecule has 0 aliphatic heterocycles. The van der Waals surface area contributed by atoms with Crippen LogP contribution in [0, 0.1) is 0 Å². The van der Waals surface area contributed by atoms with Crippen molar-refractivity contribution in [2.24, 2.45) is 0 Å². The van der Waals surface area contributed by atoms with E-state index in [1.54, 1.807) is 18.2 Å². The molecule has 0 spiro atoms. The van der Waals surface area contributed by atoms with Gasteiger partial charge in [-0.2, -0.15) is 13.2 Å². The fraction of sp³-hybridized carbons (Fsp3) is 0.364. The Kier molecular flexibility index (Phi) is 4.51. The van der Waals surface area contributed by atoms with E-state index in [-0.39, 0.29) is 5.56 Å². The predicted octanol–water partition coefficient (Wildman–Crippen LogP) is 1.73. The van der Waals surface area contributed by atoms with Crippen LogP contribution in [0.3, 0.4) is 0 Å². The second-order valence-electron chi connectivity index (χ2n) is 3.45. The van der Waals surface area contributed by atoms with E-state index in [4.69, 9.17) is 5.11 Å². The van der Waals surface area contributed by atoms with Gasteiger partial charge in [-0.25, -0.2) is 0 Å². The summed E-state index contributed by atoms with van der Waals surface area (Å²) in [7, 11) is 0. The van der Waals surface area contributed by atoms with Gasteiger partial charge in [-0.1, -0.05) is 18.2 Å². The van der Waals surface area contributed by atoms with Crippen LogP contribution >= 0.6 is 0 Å². The maximum atomic E-state index is 12.5. The highest BCUT2D eigenvalue weighted by atomic mass is 19.4. The predicted molar refractivity (Wildman–Crippen MR) is 55.5 cm³/mol. The Balaban J connectivity index is 2.71. The quantitative estimate of drug-likeness (QED) is 0.851. The van der Waals surface area contributed by atoms with Gasteiger partial charge in [0.2, 0.25) is 0 Å². The van der Waals surface area contributed by atoms with Crippen molar-refractivity contribution in [3.05, 3.63) is 35.9 Å². The lowest BCUT2D eigenvalue weighted by Gasteiger charge is -2.20. The Morgan fingerprint density at radius 1 is 1.29 bits per heavy atom. The van der Waals surface area contributed by atoms with Crippen LogP contribution in [0.1, 0.15) is 16.8 Å². The van der Waals surface area contributed by atoms with Gasteiger partial charge < -0.3 is 10.4 Å². The Bertz CT molecular complexity index is 365. The number of alkyl halides is 3. The summed E-state index contributed by atoms with van der Waals surface area (Å²) >= 11 is 0. The summed E-state index contributed by atoms with van der Waals surface area (Å²) < 4.78 is 37.4. The minimum Gasteiger partial charge on any atom is -0.396 e. The van der Waals surface area contributed by atoms with Crippen LogP contribution in [-0.4, -0.2) is 29.8 Å². The smallest absolute Gasteiger partial charge is 0.396 e.